The van der Waals surface area contributed by atoms with E-state index in [0.29, 0.717) is 16.4 Å². The van der Waals surface area contributed by atoms with Crippen LogP contribution < -0.4 is 16.6 Å². The quantitative estimate of drug-likeness (QED) is 0.299. The third kappa shape index (κ3) is 4.92. The molecule has 0 atom stereocenters. The molecule has 8 nitrogen and oxygen atoms in total. The molecule has 4 rings (SSSR count). The fourth-order valence-electron chi connectivity index (χ4n) is 3.53. The summed E-state index contributed by atoms with van der Waals surface area (Å²) in [5.74, 6) is -0.435. The Balaban J connectivity index is 1.88. The van der Waals surface area contributed by atoms with Crippen molar-refractivity contribution in [1.82, 2.24) is 14.5 Å². The predicted molar refractivity (Wildman–Crippen MR) is 133 cm³/mol. The van der Waals surface area contributed by atoms with E-state index in [1.54, 1.807) is 48.8 Å². The van der Waals surface area contributed by atoms with Crippen LogP contribution in [-0.4, -0.2) is 25.5 Å². The molecule has 0 aliphatic carbocycles. The van der Waals surface area contributed by atoms with Crippen LogP contribution in [0.5, 0.6) is 5.88 Å². The maximum atomic E-state index is 12.9. The van der Waals surface area contributed by atoms with E-state index in [1.165, 1.54) is 0 Å². The number of pyridine rings is 1. The molecule has 0 spiro atoms. The molecule has 3 N–H and O–H groups in total. The number of hydrogen-bond acceptors (Lipinski definition) is 5. The van der Waals surface area contributed by atoms with Crippen LogP contribution >= 0.6 is 11.6 Å². The number of aliphatic imine (C=N–C) groups is 1. The number of hydrogen-bond donors (Lipinski definition) is 3. The second-order valence-electron chi connectivity index (χ2n) is 7.74. The Kier molecular flexibility index (Phi) is 6.60. The number of aromatic amines is 1. The zero-order chi connectivity index (χ0) is 24.2. The van der Waals surface area contributed by atoms with E-state index in [4.69, 9.17) is 11.6 Å². The molecule has 0 saturated heterocycles. The number of aromatic hydroxyl groups is 1. The minimum Gasteiger partial charge on any atom is -0.493 e. The summed E-state index contributed by atoms with van der Waals surface area (Å²) in [7, 11) is 0. The van der Waals surface area contributed by atoms with E-state index >= 15 is 0 Å². The van der Waals surface area contributed by atoms with Gasteiger partial charge in [-0.3, -0.25) is 19.8 Å². The number of aromatic nitrogens is 3. The van der Waals surface area contributed by atoms with Gasteiger partial charge in [-0.05, 0) is 61.4 Å². The first-order valence-corrected chi connectivity index (χ1v) is 10.8. The SMILES string of the molecule is Cc1ccc(-n2c(O)c(C(=NCc3cccnc3)Nc3ccc(Cl)cc3)c(=O)[nH]c2=O)c(C)c1. The van der Waals surface area contributed by atoms with E-state index in [2.05, 4.69) is 20.3 Å². The van der Waals surface area contributed by atoms with Gasteiger partial charge in [-0.15, -0.1) is 0 Å². The molecule has 9 heteroatoms. The summed E-state index contributed by atoms with van der Waals surface area (Å²) in [6.07, 6.45) is 3.31. The van der Waals surface area contributed by atoms with Crippen molar-refractivity contribution >= 4 is 23.1 Å². The van der Waals surface area contributed by atoms with Crippen molar-refractivity contribution in [3.05, 3.63) is 115 Å². The summed E-state index contributed by atoms with van der Waals surface area (Å²) in [6.45, 7) is 3.94. The van der Waals surface area contributed by atoms with Gasteiger partial charge in [-0.2, -0.15) is 0 Å². The monoisotopic (exact) mass is 475 g/mol. The zero-order valence-corrected chi connectivity index (χ0v) is 19.3. The Morgan fingerprint density at radius 1 is 1.15 bits per heavy atom. The van der Waals surface area contributed by atoms with Crippen molar-refractivity contribution in [2.45, 2.75) is 20.4 Å². The molecule has 2 aromatic heterocycles. The van der Waals surface area contributed by atoms with E-state index in [0.717, 1.165) is 21.3 Å². The number of H-pyrrole nitrogens is 1. The standard InChI is InChI=1S/C25H22ClN5O3/c1-15-5-10-20(16(2)12-15)31-24(33)21(23(32)30-25(31)34)22(28-14-17-4-3-11-27-13-17)29-19-8-6-18(26)7-9-19/h3-13,33H,14H2,1-2H3,(H,28,29)(H,30,32,34). The molecule has 172 valence electrons. The second-order valence-corrected chi connectivity index (χ2v) is 8.18. The van der Waals surface area contributed by atoms with E-state index in [1.807, 2.05) is 32.0 Å². The molecule has 0 aliphatic heterocycles. The van der Waals surface area contributed by atoms with Gasteiger partial charge < -0.3 is 10.4 Å². The average Bonchev–Trinajstić information content (AvgIpc) is 2.80. The molecule has 4 aromatic rings. The molecule has 2 heterocycles. The molecular weight excluding hydrogens is 454 g/mol. The Bertz CT molecular complexity index is 1480. The molecular formula is C25H22ClN5O3. The molecule has 0 amide bonds. The maximum absolute atomic E-state index is 12.9. The molecule has 0 aliphatic rings. The van der Waals surface area contributed by atoms with Gasteiger partial charge in [0.25, 0.3) is 5.56 Å². The normalized spacial score (nSPS) is 11.4. The van der Waals surface area contributed by atoms with Crippen LogP contribution in [0.3, 0.4) is 0 Å². The first kappa shape index (κ1) is 23.0. The molecule has 0 radical (unpaired) electrons. The van der Waals surface area contributed by atoms with Crippen molar-refractivity contribution in [1.29, 1.82) is 0 Å². The van der Waals surface area contributed by atoms with Crippen molar-refractivity contribution < 1.29 is 5.11 Å². The first-order chi connectivity index (χ1) is 16.3. The Morgan fingerprint density at radius 3 is 2.59 bits per heavy atom. The van der Waals surface area contributed by atoms with Gasteiger partial charge in [-0.1, -0.05) is 35.4 Å². The minimum atomic E-state index is -0.769. The van der Waals surface area contributed by atoms with Gasteiger partial charge >= 0.3 is 5.69 Å². The first-order valence-electron chi connectivity index (χ1n) is 10.5. The van der Waals surface area contributed by atoms with Crippen LogP contribution in [0.1, 0.15) is 22.3 Å². The van der Waals surface area contributed by atoms with Crippen LogP contribution in [0, 0.1) is 13.8 Å². The van der Waals surface area contributed by atoms with Gasteiger partial charge in [0.1, 0.15) is 11.4 Å². The summed E-state index contributed by atoms with van der Waals surface area (Å²) in [4.78, 5) is 36.5. The van der Waals surface area contributed by atoms with Gasteiger partial charge in [0, 0.05) is 23.1 Å². The zero-order valence-electron chi connectivity index (χ0n) is 18.5. The van der Waals surface area contributed by atoms with Crippen molar-refractivity contribution in [3.63, 3.8) is 0 Å². The largest absolute Gasteiger partial charge is 0.493 e. The van der Waals surface area contributed by atoms with E-state index in [-0.39, 0.29) is 17.9 Å². The highest BCUT2D eigenvalue weighted by molar-refractivity contribution is 6.30. The fourth-order valence-corrected chi connectivity index (χ4v) is 3.66. The summed E-state index contributed by atoms with van der Waals surface area (Å²) in [5.41, 5.74) is 1.92. The highest BCUT2D eigenvalue weighted by atomic mass is 35.5. The van der Waals surface area contributed by atoms with Crippen molar-refractivity contribution in [2.24, 2.45) is 4.99 Å². The third-order valence-electron chi connectivity index (χ3n) is 5.17. The maximum Gasteiger partial charge on any atom is 0.335 e. The second kappa shape index (κ2) is 9.76. The third-order valence-corrected chi connectivity index (χ3v) is 5.42. The lowest BCUT2D eigenvalue weighted by Crippen LogP contribution is -2.35. The van der Waals surface area contributed by atoms with E-state index < -0.39 is 17.1 Å². The lowest BCUT2D eigenvalue weighted by molar-refractivity contribution is 0.429. The van der Waals surface area contributed by atoms with Crippen LogP contribution in [0.25, 0.3) is 5.69 Å². The number of nitrogens with one attached hydrogen (secondary N) is 2. The van der Waals surface area contributed by atoms with Gasteiger partial charge in [0.15, 0.2) is 0 Å². The number of rotatable bonds is 5. The molecule has 34 heavy (non-hydrogen) atoms. The molecule has 0 unspecified atom stereocenters. The van der Waals surface area contributed by atoms with Crippen LogP contribution in [0.2, 0.25) is 5.02 Å². The number of benzene rings is 2. The summed E-state index contributed by atoms with van der Waals surface area (Å²) >= 11 is 5.99. The van der Waals surface area contributed by atoms with E-state index in [9.17, 15) is 14.7 Å². The van der Waals surface area contributed by atoms with Crippen LogP contribution in [0.4, 0.5) is 5.69 Å². The van der Waals surface area contributed by atoms with Gasteiger partial charge in [0.05, 0.1) is 12.2 Å². The molecule has 2 aromatic carbocycles. The Hall–Kier alpha value is -4.17. The topological polar surface area (TPSA) is 112 Å². The number of halogens is 1. The average molecular weight is 476 g/mol. The lowest BCUT2D eigenvalue weighted by Gasteiger charge is -2.16. The fraction of sp³-hybridized carbons (Fsp3) is 0.120. The highest BCUT2D eigenvalue weighted by Crippen LogP contribution is 2.22. The smallest absolute Gasteiger partial charge is 0.335 e. The number of amidine groups is 1. The molecule has 0 fully saturated rings. The number of aryl methyl sites for hydroxylation is 2. The van der Waals surface area contributed by atoms with Crippen molar-refractivity contribution in [3.8, 4) is 11.6 Å². The Labute approximate surface area is 200 Å². The lowest BCUT2D eigenvalue weighted by atomic mass is 10.1. The molecule has 0 bridgehead atoms. The summed E-state index contributed by atoms with van der Waals surface area (Å²) in [6, 6.07) is 15.8. The highest BCUT2D eigenvalue weighted by Gasteiger charge is 2.21. The molecule has 0 saturated carbocycles. The van der Waals surface area contributed by atoms with Gasteiger partial charge in [0.2, 0.25) is 5.88 Å². The van der Waals surface area contributed by atoms with Crippen molar-refractivity contribution in [2.75, 3.05) is 5.32 Å². The van der Waals surface area contributed by atoms with Crippen LogP contribution in [0.15, 0.2) is 81.6 Å². The number of nitrogens with zero attached hydrogens (tertiary/aromatic N) is 3. The van der Waals surface area contributed by atoms with Gasteiger partial charge in [-0.25, -0.2) is 9.36 Å². The predicted octanol–water partition coefficient (Wildman–Crippen LogP) is 3.96. The summed E-state index contributed by atoms with van der Waals surface area (Å²) in [5, 5.41) is 14.8. The minimum absolute atomic E-state index is 0.0865. The Morgan fingerprint density at radius 2 is 1.91 bits per heavy atom. The summed E-state index contributed by atoms with van der Waals surface area (Å²) < 4.78 is 1.06. The number of anilines is 1. The van der Waals surface area contributed by atoms with Crippen LogP contribution in [-0.2, 0) is 6.54 Å².